The van der Waals surface area contributed by atoms with Crippen molar-refractivity contribution in [2.45, 2.75) is 19.4 Å². The summed E-state index contributed by atoms with van der Waals surface area (Å²) >= 11 is 0. The summed E-state index contributed by atoms with van der Waals surface area (Å²) in [5, 5.41) is 0. The van der Waals surface area contributed by atoms with Crippen molar-refractivity contribution < 1.29 is 4.79 Å². The Morgan fingerprint density at radius 3 is 3.13 bits per heavy atom. The summed E-state index contributed by atoms with van der Waals surface area (Å²) < 4.78 is 0. The molecule has 1 saturated heterocycles. The minimum Gasteiger partial charge on any atom is -0.337 e. The first kappa shape index (κ1) is 9.92. The summed E-state index contributed by atoms with van der Waals surface area (Å²) in [6.07, 6.45) is 3.30. The number of nitrogens with two attached hydrogens (primary N) is 1. The van der Waals surface area contributed by atoms with Crippen LogP contribution in [0.2, 0.25) is 0 Å². The number of hydrazine groups is 1. The fourth-order valence-electron chi connectivity index (χ4n) is 1.72. The minimum absolute atomic E-state index is 0.211. The monoisotopic (exact) mass is 206 g/mol. The number of nitrogens with one attached hydrogen (secondary N) is 1. The van der Waals surface area contributed by atoms with Gasteiger partial charge < -0.3 is 10.3 Å². The molecular weight excluding hydrogens is 192 g/mol. The van der Waals surface area contributed by atoms with Gasteiger partial charge in [0, 0.05) is 19.2 Å². The molecular formula is C10H14N4O. The Bertz CT molecular complexity index is 366. The molecule has 80 valence electrons. The standard InChI is InChI=1S/C10H14N4O/c11-13-8-3-4-12-9(6-8)7-14-5-1-2-10(14)15/h3-4,6H,1-2,5,7,11H2,(H,12,13). The number of likely N-dealkylation sites (tertiary alicyclic amines) is 1. The molecule has 1 aliphatic rings. The molecule has 0 aromatic carbocycles. The van der Waals surface area contributed by atoms with Crippen molar-refractivity contribution in [1.29, 1.82) is 0 Å². The molecule has 2 heterocycles. The zero-order chi connectivity index (χ0) is 10.7. The highest BCUT2D eigenvalue weighted by atomic mass is 16.2. The maximum absolute atomic E-state index is 11.4. The third-order valence-corrected chi connectivity index (χ3v) is 2.51. The van der Waals surface area contributed by atoms with Crippen LogP contribution in [-0.2, 0) is 11.3 Å². The zero-order valence-electron chi connectivity index (χ0n) is 8.44. The lowest BCUT2D eigenvalue weighted by Gasteiger charge is -2.14. The van der Waals surface area contributed by atoms with Crippen molar-refractivity contribution in [1.82, 2.24) is 9.88 Å². The summed E-state index contributed by atoms with van der Waals surface area (Å²) in [7, 11) is 0. The van der Waals surface area contributed by atoms with Gasteiger partial charge in [-0.2, -0.15) is 0 Å². The normalized spacial score (nSPS) is 15.8. The molecule has 0 radical (unpaired) electrons. The third kappa shape index (κ3) is 2.24. The number of rotatable bonds is 3. The molecule has 1 aromatic heterocycles. The van der Waals surface area contributed by atoms with Crippen molar-refractivity contribution in [3.63, 3.8) is 0 Å². The van der Waals surface area contributed by atoms with Gasteiger partial charge in [-0.25, -0.2) is 0 Å². The van der Waals surface area contributed by atoms with E-state index in [1.807, 2.05) is 11.0 Å². The molecule has 3 N–H and O–H groups in total. The number of hydrogen-bond donors (Lipinski definition) is 2. The first-order valence-electron chi connectivity index (χ1n) is 4.99. The average Bonchev–Trinajstić information content (AvgIpc) is 2.65. The number of nitrogen functional groups attached to an aromatic ring is 1. The maximum Gasteiger partial charge on any atom is 0.222 e. The number of carbonyl (C=O) groups is 1. The van der Waals surface area contributed by atoms with Gasteiger partial charge in [-0.15, -0.1) is 0 Å². The van der Waals surface area contributed by atoms with E-state index in [1.54, 1.807) is 12.3 Å². The number of hydrogen-bond acceptors (Lipinski definition) is 4. The first-order chi connectivity index (χ1) is 7.29. The third-order valence-electron chi connectivity index (χ3n) is 2.51. The van der Waals surface area contributed by atoms with E-state index in [-0.39, 0.29) is 5.91 Å². The molecule has 1 aromatic rings. The Morgan fingerprint density at radius 1 is 1.60 bits per heavy atom. The number of aromatic nitrogens is 1. The molecule has 2 rings (SSSR count). The van der Waals surface area contributed by atoms with Crippen LogP contribution in [0.4, 0.5) is 5.69 Å². The van der Waals surface area contributed by atoms with E-state index in [9.17, 15) is 4.79 Å². The van der Waals surface area contributed by atoms with Crippen LogP contribution in [-0.4, -0.2) is 22.3 Å². The molecule has 0 spiro atoms. The van der Waals surface area contributed by atoms with E-state index in [4.69, 9.17) is 5.84 Å². The van der Waals surface area contributed by atoms with Gasteiger partial charge in [-0.05, 0) is 18.6 Å². The van der Waals surface area contributed by atoms with Gasteiger partial charge in [-0.1, -0.05) is 0 Å². The van der Waals surface area contributed by atoms with Crippen LogP contribution in [0, 0.1) is 0 Å². The van der Waals surface area contributed by atoms with E-state index in [0.29, 0.717) is 13.0 Å². The van der Waals surface area contributed by atoms with Crippen molar-refractivity contribution in [3.05, 3.63) is 24.0 Å². The van der Waals surface area contributed by atoms with Crippen LogP contribution >= 0.6 is 0 Å². The summed E-state index contributed by atoms with van der Waals surface area (Å²) in [4.78, 5) is 17.4. The molecule has 1 fully saturated rings. The molecule has 5 heteroatoms. The first-order valence-corrected chi connectivity index (χ1v) is 4.99. The lowest BCUT2D eigenvalue weighted by atomic mass is 10.3. The predicted molar refractivity (Wildman–Crippen MR) is 56.7 cm³/mol. The van der Waals surface area contributed by atoms with Gasteiger partial charge >= 0.3 is 0 Å². The molecule has 0 atom stereocenters. The average molecular weight is 206 g/mol. The molecule has 0 unspecified atom stereocenters. The molecule has 0 bridgehead atoms. The van der Waals surface area contributed by atoms with Crippen molar-refractivity contribution in [2.24, 2.45) is 5.84 Å². The van der Waals surface area contributed by atoms with Crippen LogP contribution < -0.4 is 11.3 Å². The fraction of sp³-hybridized carbons (Fsp3) is 0.400. The minimum atomic E-state index is 0.211. The summed E-state index contributed by atoms with van der Waals surface area (Å²) in [6.45, 7) is 1.41. The van der Waals surface area contributed by atoms with Gasteiger partial charge in [0.2, 0.25) is 5.91 Å². The zero-order valence-corrected chi connectivity index (χ0v) is 8.44. The fourth-order valence-corrected chi connectivity index (χ4v) is 1.72. The van der Waals surface area contributed by atoms with E-state index >= 15 is 0 Å². The van der Waals surface area contributed by atoms with Crippen LogP contribution in [0.5, 0.6) is 0 Å². The maximum atomic E-state index is 11.4. The Hall–Kier alpha value is -1.62. The molecule has 1 amide bonds. The number of nitrogens with zero attached hydrogens (tertiary/aromatic N) is 2. The van der Waals surface area contributed by atoms with Crippen molar-refractivity contribution in [2.75, 3.05) is 12.0 Å². The quantitative estimate of drug-likeness (QED) is 0.557. The highest BCUT2D eigenvalue weighted by molar-refractivity contribution is 5.78. The second-order valence-electron chi connectivity index (χ2n) is 3.60. The van der Waals surface area contributed by atoms with Gasteiger partial charge in [0.15, 0.2) is 0 Å². The van der Waals surface area contributed by atoms with Crippen molar-refractivity contribution in [3.8, 4) is 0 Å². The van der Waals surface area contributed by atoms with Gasteiger partial charge in [0.05, 0.1) is 17.9 Å². The number of amides is 1. The molecule has 0 saturated carbocycles. The topological polar surface area (TPSA) is 71.2 Å². The Balaban J connectivity index is 2.06. The molecule has 5 nitrogen and oxygen atoms in total. The van der Waals surface area contributed by atoms with Crippen LogP contribution in [0.3, 0.4) is 0 Å². The van der Waals surface area contributed by atoms with E-state index < -0.39 is 0 Å². The highest BCUT2D eigenvalue weighted by Crippen LogP contribution is 2.14. The lowest BCUT2D eigenvalue weighted by Crippen LogP contribution is -2.24. The smallest absolute Gasteiger partial charge is 0.222 e. The predicted octanol–water partition coefficient (Wildman–Crippen LogP) is 0.490. The number of pyridine rings is 1. The molecule has 1 aliphatic heterocycles. The van der Waals surface area contributed by atoms with E-state index in [2.05, 4.69) is 10.4 Å². The summed E-state index contributed by atoms with van der Waals surface area (Å²) in [6, 6.07) is 3.64. The lowest BCUT2D eigenvalue weighted by molar-refractivity contribution is -0.128. The van der Waals surface area contributed by atoms with Crippen LogP contribution in [0.1, 0.15) is 18.5 Å². The van der Waals surface area contributed by atoms with Crippen LogP contribution in [0.25, 0.3) is 0 Å². The second-order valence-corrected chi connectivity index (χ2v) is 3.60. The SMILES string of the molecule is NNc1ccnc(CN2CCCC2=O)c1. The number of anilines is 1. The Kier molecular flexibility index (Phi) is 2.82. The van der Waals surface area contributed by atoms with E-state index in [1.165, 1.54) is 0 Å². The van der Waals surface area contributed by atoms with Crippen molar-refractivity contribution >= 4 is 11.6 Å². The number of carbonyl (C=O) groups excluding carboxylic acids is 1. The summed E-state index contributed by atoms with van der Waals surface area (Å²) in [5.74, 6) is 5.51. The van der Waals surface area contributed by atoms with Gasteiger partial charge in [0.1, 0.15) is 0 Å². The second kappa shape index (κ2) is 4.27. The summed E-state index contributed by atoms with van der Waals surface area (Å²) in [5.41, 5.74) is 4.23. The van der Waals surface area contributed by atoms with Gasteiger partial charge in [0.25, 0.3) is 0 Å². The van der Waals surface area contributed by atoms with Gasteiger partial charge in [-0.3, -0.25) is 15.6 Å². The van der Waals surface area contributed by atoms with Crippen LogP contribution in [0.15, 0.2) is 18.3 Å². The highest BCUT2D eigenvalue weighted by Gasteiger charge is 2.20. The molecule has 15 heavy (non-hydrogen) atoms. The Morgan fingerprint density at radius 2 is 2.47 bits per heavy atom. The largest absolute Gasteiger partial charge is 0.337 e. The Labute approximate surface area is 88.3 Å². The molecule has 0 aliphatic carbocycles. The van der Waals surface area contributed by atoms with E-state index in [0.717, 1.165) is 24.3 Å².